The summed E-state index contributed by atoms with van der Waals surface area (Å²) in [5, 5.41) is 9.69. The normalized spacial score (nSPS) is 18.4. The quantitative estimate of drug-likeness (QED) is 0.375. The number of nitrogens with one attached hydrogen (secondary N) is 3. The molecule has 1 atom stereocenters. The molecule has 2 fully saturated rings. The number of hydrogen-bond donors (Lipinski definition) is 3. The molecule has 0 bridgehead atoms. The first-order valence-corrected chi connectivity index (χ1v) is 14.2. The number of para-hydroxylation sites is 1. The minimum absolute atomic E-state index is 0.316. The Morgan fingerprint density at radius 3 is 2.12 bits per heavy atom. The van der Waals surface area contributed by atoms with E-state index in [-0.39, 0.29) is 5.91 Å². The molecule has 0 spiro atoms. The zero-order valence-electron chi connectivity index (χ0n) is 22.7. The zero-order valence-corrected chi connectivity index (χ0v) is 23.5. The molecule has 3 N–H and O–H groups in total. The third kappa shape index (κ3) is 6.31. The molecule has 2 aliphatic rings. The maximum absolute atomic E-state index is 14.5. The van der Waals surface area contributed by atoms with E-state index in [1.807, 2.05) is 61.5 Å². The fraction of sp³-hybridized carbons (Fsp3) is 0.355. The Labute approximate surface area is 240 Å². The second-order valence-electron chi connectivity index (χ2n) is 10.3. The number of likely N-dealkylation sites (tertiary alicyclic amines) is 1. The highest BCUT2D eigenvalue weighted by atomic mass is 35.5. The monoisotopic (exact) mass is 561 g/mol. The van der Waals surface area contributed by atoms with Crippen molar-refractivity contribution in [2.24, 2.45) is 0 Å². The summed E-state index contributed by atoms with van der Waals surface area (Å²) < 4.78 is 5.56. The van der Waals surface area contributed by atoms with Crippen LogP contribution in [0.4, 0.5) is 16.2 Å². The maximum Gasteiger partial charge on any atom is 0.321 e. The lowest BCUT2D eigenvalue weighted by Crippen LogP contribution is -2.67. The van der Waals surface area contributed by atoms with Gasteiger partial charge in [0.05, 0.1) is 13.2 Å². The van der Waals surface area contributed by atoms with Crippen molar-refractivity contribution in [1.82, 2.24) is 15.1 Å². The topological polar surface area (TPSA) is 85.9 Å². The molecule has 5 rings (SSSR count). The summed E-state index contributed by atoms with van der Waals surface area (Å²) >= 11 is 6.04. The van der Waals surface area contributed by atoms with Crippen LogP contribution in [-0.2, 0) is 15.2 Å². The minimum Gasteiger partial charge on any atom is -0.379 e. The van der Waals surface area contributed by atoms with Crippen molar-refractivity contribution >= 4 is 34.9 Å². The van der Waals surface area contributed by atoms with Crippen LogP contribution in [0.25, 0.3) is 0 Å². The first-order valence-electron chi connectivity index (χ1n) is 13.8. The Morgan fingerprint density at radius 1 is 0.825 bits per heavy atom. The largest absolute Gasteiger partial charge is 0.379 e. The molecule has 9 heteroatoms. The van der Waals surface area contributed by atoms with Crippen LogP contribution in [0.3, 0.4) is 0 Å². The molecular weight excluding hydrogens is 526 g/mol. The predicted octanol–water partition coefficient (Wildman–Crippen LogP) is 5.06. The van der Waals surface area contributed by atoms with Crippen LogP contribution >= 0.6 is 11.6 Å². The van der Waals surface area contributed by atoms with Crippen molar-refractivity contribution in [3.63, 3.8) is 0 Å². The molecule has 40 heavy (non-hydrogen) atoms. The maximum atomic E-state index is 14.5. The average Bonchev–Trinajstić information content (AvgIpc) is 2.98. The molecule has 3 amide bonds. The van der Waals surface area contributed by atoms with Crippen molar-refractivity contribution in [2.45, 2.75) is 31.5 Å². The van der Waals surface area contributed by atoms with Gasteiger partial charge in [0, 0.05) is 54.2 Å². The number of carbonyl (C=O) groups is 2. The van der Waals surface area contributed by atoms with Gasteiger partial charge in [-0.25, -0.2) is 4.79 Å². The Balaban J connectivity index is 1.50. The van der Waals surface area contributed by atoms with E-state index in [9.17, 15) is 9.59 Å². The molecule has 0 aromatic heterocycles. The lowest BCUT2D eigenvalue weighted by Gasteiger charge is -2.48. The van der Waals surface area contributed by atoms with Gasteiger partial charge in [-0.3, -0.25) is 14.6 Å². The number of ether oxygens (including phenoxy) is 1. The first kappa shape index (κ1) is 28.1. The predicted molar refractivity (Wildman–Crippen MR) is 159 cm³/mol. The molecule has 2 heterocycles. The summed E-state index contributed by atoms with van der Waals surface area (Å²) in [4.78, 5) is 32.7. The van der Waals surface area contributed by atoms with Gasteiger partial charge in [-0.1, -0.05) is 54.1 Å². The lowest BCUT2D eigenvalue weighted by molar-refractivity contribution is -0.132. The number of nitrogens with zero attached hydrogens (tertiary/aromatic N) is 2. The van der Waals surface area contributed by atoms with Crippen LogP contribution < -0.4 is 16.0 Å². The first-order chi connectivity index (χ1) is 19.5. The van der Waals surface area contributed by atoms with Crippen LogP contribution in [0.5, 0.6) is 0 Å². The van der Waals surface area contributed by atoms with E-state index in [0.29, 0.717) is 35.5 Å². The van der Waals surface area contributed by atoms with Gasteiger partial charge >= 0.3 is 6.03 Å². The van der Waals surface area contributed by atoms with Crippen LogP contribution in [0, 0.1) is 6.92 Å². The summed E-state index contributed by atoms with van der Waals surface area (Å²) in [6.45, 7) is 6.59. The van der Waals surface area contributed by atoms with Gasteiger partial charge in [-0.2, -0.15) is 0 Å². The number of aryl methyl sites for hydroxylation is 1. The van der Waals surface area contributed by atoms with Gasteiger partial charge in [-0.05, 0) is 61.7 Å². The molecular formula is C31H36ClN5O3. The second-order valence-corrected chi connectivity index (χ2v) is 10.7. The Hall–Kier alpha value is -3.43. The van der Waals surface area contributed by atoms with Crippen molar-refractivity contribution < 1.29 is 14.3 Å². The Morgan fingerprint density at radius 2 is 1.45 bits per heavy atom. The van der Waals surface area contributed by atoms with Gasteiger partial charge in [0.25, 0.3) is 5.91 Å². The molecule has 3 aromatic carbocycles. The van der Waals surface area contributed by atoms with E-state index < -0.39 is 11.7 Å². The van der Waals surface area contributed by atoms with Gasteiger partial charge in [-0.15, -0.1) is 0 Å². The highest BCUT2D eigenvalue weighted by molar-refractivity contribution is 6.30. The number of morpholine rings is 1. The summed E-state index contributed by atoms with van der Waals surface area (Å²) in [7, 11) is 0. The summed E-state index contributed by atoms with van der Waals surface area (Å²) in [5.41, 5.74) is 1.43. The van der Waals surface area contributed by atoms with Crippen LogP contribution in [0.15, 0.2) is 78.9 Å². The molecule has 2 aliphatic heterocycles. The number of piperidine rings is 1. The van der Waals surface area contributed by atoms with Gasteiger partial charge in [0.15, 0.2) is 0 Å². The molecule has 1 unspecified atom stereocenters. The lowest BCUT2D eigenvalue weighted by atomic mass is 9.89. The SMILES string of the molecule is Cc1ccccc1C(NC(=O)Nc1ccc(Cl)cc1)(C(=O)Nc1ccccc1)N1CCC(N2CCOCC2)CC1. The molecule has 0 aliphatic carbocycles. The van der Waals surface area contributed by atoms with Crippen molar-refractivity contribution in [3.8, 4) is 0 Å². The smallest absolute Gasteiger partial charge is 0.321 e. The third-order valence-electron chi connectivity index (χ3n) is 7.79. The van der Waals surface area contributed by atoms with E-state index >= 15 is 0 Å². The fourth-order valence-corrected chi connectivity index (χ4v) is 5.86. The second kappa shape index (κ2) is 12.8. The molecule has 2 saturated heterocycles. The van der Waals surface area contributed by atoms with Crippen LogP contribution in [0.2, 0.25) is 5.02 Å². The molecule has 3 aromatic rings. The van der Waals surface area contributed by atoms with Crippen LogP contribution in [0.1, 0.15) is 24.0 Å². The molecule has 210 valence electrons. The highest BCUT2D eigenvalue weighted by Crippen LogP contribution is 2.34. The number of amides is 3. The van der Waals surface area contributed by atoms with E-state index in [0.717, 1.165) is 50.3 Å². The molecule has 8 nitrogen and oxygen atoms in total. The van der Waals surface area contributed by atoms with E-state index in [4.69, 9.17) is 16.3 Å². The van der Waals surface area contributed by atoms with Crippen molar-refractivity contribution in [2.75, 3.05) is 50.0 Å². The molecule has 0 radical (unpaired) electrons. The number of benzene rings is 3. The number of hydrogen-bond acceptors (Lipinski definition) is 5. The Kier molecular flexibility index (Phi) is 9.01. The van der Waals surface area contributed by atoms with E-state index in [2.05, 4.69) is 25.8 Å². The highest BCUT2D eigenvalue weighted by Gasteiger charge is 2.49. The summed E-state index contributed by atoms with van der Waals surface area (Å²) in [6, 6.07) is 23.9. The van der Waals surface area contributed by atoms with Crippen molar-refractivity contribution in [3.05, 3.63) is 95.0 Å². The standard InChI is InChI=1S/C31H36ClN5O3/c1-23-7-5-6-10-28(23)31(29(38)33-25-8-3-2-4-9-25,35-30(39)34-26-13-11-24(32)12-14-26)37-17-15-27(16-18-37)36-19-21-40-22-20-36/h2-14,27H,15-22H2,1H3,(H,33,38)(H2,34,35,39). The molecule has 0 saturated carbocycles. The number of anilines is 2. The summed E-state index contributed by atoms with van der Waals surface area (Å²) in [6.07, 6.45) is 1.76. The third-order valence-corrected chi connectivity index (χ3v) is 8.04. The average molecular weight is 562 g/mol. The number of carbonyl (C=O) groups excluding carboxylic acids is 2. The minimum atomic E-state index is -1.45. The summed E-state index contributed by atoms with van der Waals surface area (Å²) in [5.74, 6) is -0.316. The van der Waals surface area contributed by atoms with Gasteiger partial charge < -0.3 is 20.7 Å². The fourth-order valence-electron chi connectivity index (χ4n) is 5.73. The zero-order chi connectivity index (χ0) is 28.0. The van der Waals surface area contributed by atoms with Gasteiger partial charge in [0.1, 0.15) is 0 Å². The van der Waals surface area contributed by atoms with Crippen molar-refractivity contribution in [1.29, 1.82) is 0 Å². The number of rotatable bonds is 7. The number of halogens is 1. The number of urea groups is 1. The Bertz CT molecular complexity index is 1290. The van der Waals surface area contributed by atoms with E-state index in [1.54, 1.807) is 24.3 Å². The van der Waals surface area contributed by atoms with Gasteiger partial charge in [0.2, 0.25) is 5.66 Å². The van der Waals surface area contributed by atoms with E-state index in [1.165, 1.54) is 0 Å². The van der Waals surface area contributed by atoms with Crippen LogP contribution in [-0.4, -0.2) is 67.2 Å².